The number of aryl methyl sites for hydroxylation is 2. The molecular formula is C28H47N7OS2. The molecule has 0 bridgehead atoms. The van der Waals surface area contributed by atoms with Gasteiger partial charge in [-0.15, -0.1) is 24.2 Å². The number of thiol groups is 1. The van der Waals surface area contributed by atoms with Gasteiger partial charge < -0.3 is 21.1 Å². The molecule has 3 aromatic heterocycles. The lowest BCUT2D eigenvalue weighted by Crippen LogP contribution is -2.41. The van der Waals surface area contributed by atoms with Crippen LogP contribution in [-0.2, 0) is 4.74 Å². The molecule has 3 aromatic rings. The second-order valence-corrected chi connectivity index (χ2v) is 9.71. The number of nitrogens with two attached hydrogens (primary N) is 1. The second kappa shape index (κ2) is 18.7. The number of hydrogen-bond acceptors (Lipinski definition) is 10. The van der Waals surface area contributed by atoms with Crippen LogP contribution in [0.5, 0.6) is 0 Å². The Morgan fingerprint density at radius 2 is 1.74 bits per heavy atom. The van der Waals surface area contributed by atoms with E-state index in [4.69, 9.17) is 20.4 Å². The zero-order valence-electron chi connectivity index (χ0n) is 24.6. The van der Waals surface area contributed by atoms with Gasteiger partial charge in [0.1, 0.15) is 16.3 Å². The number of hydrogen-bond donors (Lipinski definition) is 4. The Bertz CT molecular complexity index is 1090. The summed E-state index contributed by atoms with van der Waals surface area (Å²) in [5.41, 5.74) is 9.81. The van der Waals surface area contributed by atoms with Gasteiger partial charge in [0, 0.05) is 31.9 Å². The average molecular weight is 562 g/mol. The molecule has 0 aromatic carbocycles. The highest BCUT2D eigenvalue weighted by molar-refractivity contribution is 7.79. The Labute approximate surface area is 239 Å². The van der Waals surface area contributed by atoms with Gasteiger partial charge in [0.25, 0.3) is 0 Å². The molecule has 1 atom stereocenters. The van der Waals surface area contributed by atoms with Crippen molar-refractivity contribution in [2.45, 2.75) is 66.8 Å². The summed E-state index contributed by atoms with van der Waals surface area (Å²) in [5.74, 6) is 1.78. The SMILES string of the molecule is C#C.CC.CCC(CCNc1nc(NCCOC)nc(C)c1-c1nc2c(C)nccc2s1)C(C)(C)N.CS. The van der Waals surface area contributed by atoms with Crippen molar-refractivity contribution in [3.8, 4) is 23.4 Å². The van der Waals surface area contributed by atoms with Gasteiger partial charge in [-0.2, -0.15) is 17.6 Å². The minimum Gasteiger partial charge on any atom is -0.383 e. The number of anilines is 2. The highest BCUT2D eigenvalue weighted by Gasteiger charge is 2.24. The van der Waals surface area contributed by atoms with Gasteiger partial charge >= 0.3 is 0 Å². The first kappa shape index (κ1) is 35.5. The molecule has 38 heavy (non-hydrogen) atoms. The molecule has 0 aliphatic rings. The van der Waals surface area contributed by atoms with E-state index in [1.807, 2.05) is 40.0 Å². The third-order valence-corrected chi connectivity index (χ3v) is 6.75. The van der Waals surface area contributed by atoms with Gasteiger partial charge in [0.15, 0.2) is 0 Å². The standard InChI is InChI=1S/C23H35N7OS.C2H6.C2H2.CH4S/c1-7-16(23(4,5)24)8-10-26-20-18(14(2)28-22(30-20)27-12-13-31-6)21-29-19-15(3)25-11-9-17(19)32-21;3*1-2/h9,11,16H,7-8,10,12-13,24H2,1-6H3,(H2,26,27,28,30);1-2H3;1-2H;2H,1H3. The summed E-state index contributed by atoms with van der Waals surface area (Å²) < 4.78 is 6.25. The van der Waals surface area contributed by atoms with Crippen LogP contribution in [0.1, 0.15) is 58.8 Å². The van der Waals surface area contributed by atoms with E-state index in [1.54, 1.807) is 24.7 Å². The van der Waals surface area contributed by atoms with E-state index in [0.29, 0.717) is 25.0 Å². The van der Waals surface area contributed by atoms with Gasteiger partial charge in [-0.05, 0) is 52.4 Å². The molecular weight excluding hydrogens is 514 g/mol. The molecule has 8 nitrogen and oxygen atoms in total. The molecule has 0 amide bonds. The zero-order chi connectivity index (χ0) is 29.3. The van der Waals surface area contributed by atoms with Crippen LogP contribution in [-0.4, -0.2) is 58.5 Å². The Balaban J connectivity index is 0.00000213. The van der Waals surface area contributed by atoms with Crippen LogP contribution in [0, 0.1) is 32.6 Å². The molecule has 0 saturated carbocycles. The van der Waals surface area contributed by atoms with E-state index in [9.17, 15) is 0 Å². The topological polar surface area (TPSA) is 111 Å². The van der Waals surface area contributed by atoms with Crippen molar-refractivity contribution in [2.24, 2.45) is 11.7 Å². The van der Waals surface area contributed by atoms with Crippen molar-refractivity contribution in [2.75, 3.05) is 43.7 Å². The first-order chi connectivity index (χ1) is 18.2. The molecule has 0 saturated heterocycles. The second-order valence-electron chi connectivity index (χ2n) is 8.68. The van der Waals surface area contributed by atoms with E-state index in [0.717, 1.165) is 57.4 Å². The summed E-state index contributed by atoms with van der Waals surface area (Å²) in [6.07, 6.45) is 13.5. The number of rotatable bonds is 11. The highest BCUT2D eigenvalue weighted by atomic mass is 32.1. The molecule has 1 unspecified atom stereocenters. The Morgan fingerprint density at radius 1 is 1.08 bits per heavy atom. The molecule has 10 heteroatoms. The van der Waals surface area contributed by atoms with Gasteiger partial charge in [0.2, 0.25) is 5.95 Å². The number of pyridine rings is 1. The first-order valence-corrected chi connectivity index (χ1v) is 14.6. The lowest BCUT2D eigenvalue weighted by atomic mass is 9.84. The first-order valence-electron chi connectivity index (χ1n) is 12.9. The summed E-state index contributed by atoms with van der Waals surface area (Å²) in [6.45, 7) is 16.4. The van der Waals surface area contributed by atoms with E-state index >= 15 is 0 Å². The molecule has 3 heterocycles. The lowest BCUT2D eigenvalue weighted by molar-refractivity contribution is 0.210. The van der Waals surface area contributed by atoms with Gasteiger partial charge in [-0.3, -0.25) is 4.98 Å². The smallest absolute Gasteiger partial charge is 0.224 e. The minimum absolute atomic E-state index is 0.217. The summed E-state index contributed by atoms with van der Waals surface area (Å²) in [7, 11) is 1.68. The predicted molar refractivity (Wildman–Crippen MR) is 170 cm³/mol. The van der Waals surface area contributed by atoms with Gasteiger partial charge in [-0.1, -0.05) is 27.2 Å². The van der Waals surface area contributed by atoms with Crippen molar-refractivity contribution in [3.63, 3.8) is 0 Å². The molecule has 3 rings (SSSR count). The highest BCUT2D eigenvalue weighted by Crippen LogP contribution is 2.36. The molecule has 0 aliphatic heterocycles. The van der Waals surface area contributed by atoms with Gasteiger partial charge in [0.05, 0.1) is 28.3 Å². The summed E-state index contributed by atoms with van der Waals surface area (Å²) in [5, 5.41) is 7.69. The number of nitrogens with one attached hydrogen (secondary N) is 2. The van der Waals surface area contributed by atoms with Crippen LogP contribution in [0.15, 0.2) is 12.3 Å². The molecule has 212 valence electrons. The average Bonchev–Trinajstić information content (AvgIpc) is 3.34. The summed E-state index contributed by atoms with van der Waals surface area (Å²) in [4.78, 5) is 18.7. The molecule has 0 spiro atoms. The fourth-order valence-electron chi connectivity index (χ4n) is 3.86. The summed E-state index contributed by atoms with van der Waals surface area (Å²) >= 11 is 5.16. The fraction of sp³-hybridized carbons (Fsp3) is 0.571. The van der Waals surface area contributed by atoms with Crippen molar-refractivity contribution in [1.29, 1.82) is 0 Å². The minimum atomic E-state index is -0.217. The maximum Gasteiger partial charge on any atom is 0.224 e. The number of ether oxygens (including phenoxy) is 1. The molecule has 0 fully saturated rings. The Morgan fingerprint density at radius 3 is 2.29 bits per heavy atom. The van der Waals surface area contributed by atoms with Crippen molar-refractivity contribution in [1.82, 2.24) is 19.9 Å². The number of terminal acetylenes is 1. The number of aromatic nitrogens is 4. The molecule has 0 aliphatic carbocycles. The molecule has 4 N–H and O–H groups in total. The maximum atomic E-state index is 6.37. The quantitative estimate of drug-likeness (QED) is 0.124. The monoisotopic (exact) mass is 561 g/mol. The zero-order valence-corrected chi connectivity index (χ0v) is 26.3. The van der Waals surface area contributed by atoms with E-state index in [2.05, 4.69) is 66.8 Å². The lowest BCUT2D eigenvalue weighted by Gasteiger charge is -2.30. The number of fused-ring (bicyclic) bond motifs is 1. The Kier molecular flexibility index (Phi) is 17.5. The third kappa shape index (κ3) is 10.4. The van der Waals surface area contributed by atoms with E-state index in [-0.39, 0.29) is 5.54 Å². The Hall–Kier alpha value is -2.45. The number of methoxy groups -OCH3 is 1. The largest absolute Gasteiger partial charge is 0.383 e. The fourth-order valence-corrected chi connectivity index (χ4v) is 4.97. The van der Waals surface area contributed by atoms with Crippen molar-refractivity contribution >= 4 is 45.9 Å². The maximum absolute atomic E-state index is 6.37. The van der Waals surface area contributed by atoms with Crippen LogP contribution in [0.2, 0.25) is 0 Å². The van der Waals surface area contributed by atoms with E-state index in [1.165, 1.54) is 0 Å². The number of thiazole rings is 1. The van der Waals surface area contributed by atoms with Crippen LogP contribution in [0.25, 0.3) is 20.8 Å². The van der Waals surface area contributed by atoms with Crippen LogP contribution in [0.4, 0.5) is 11.8 Å². The van der Waals surface area contributed by atoms with Crippen molar-refractivity contribution in [3.05, 3.63) is 23.7 Å². The summed E-state index contributed by atoms with van der Waals surface area (Å²) in [6, 6.07) is 2.00. The number of nitrogens with zero attached hydrogens (tertiary/aromatic N) is 4. The van der Waals surface area contributed by atoms with E-state index < -0.39 is 0 Å². The predicted octanol–water partition coefficient (Wildman–Crippen LogP) is 6.21. The van der Waals surface area contributed by atoms with Crippen LogP contribution in [0.3, 0.4) is 0 Å². The van der Waals surface area contributed by atoms with Gasteiger partial charge in [-0.25, -0.2) is 9.97 Å². The molecule has 0 radical (unpaired) electrons. The third-order valence-electron chi connectivity index (χ3n) is 5.71. The van der Waals surface area contributed by atoms with Crippen LogP contribution >= 0.6 is 24.0 Å². The normalized spacial score (nSPS) is 11.2. The van der Waals surface area contributed by atoms with Crippen molar-refractivity contribution < 1.29 is 4.74 Å². The van der Waals surface area contributed by atoms with Crippen LogP contribution < -0.4 is 16.4 Å².